The van der Waals surface area contributed by atoms with Crippen LogP contribution in [0.15, 0.2) is 30.6 Å². The van der Waals surface area contributed by atoms with Crippen molar-refractivity contribution in [3.05, 3.63) is 30.6 Å². The fourth-order valence-electron chi connectivity index (χ4n) is 3.66. The highest BCUT2D eigenvalue weighted by atomic mass is 16.2. The average molecular weight is 341 g/mol. The molecule has 25 heavy (non-hydrogen) atoms. The molecule has 2 aromatic rings. The first-order valence-corrected chi connectivity index (χ1v) is 8.45. The van der Waals surface area contributed by atoms with Crippen molar-refractivity contribution in [1.29, 1.82) is 0 Å². The van der Waals surface area contributed by atoms with Gasteiger partial charge in [0.1, 0.15) is 17.0 Å². The Bertz CT molecular complexity index is 853. The Labute approximate surface area is 144 Å². The van der Waals surface area contributed by atoms with Crippen molar-refractivity contribution in [3.63, 3.8) is 0 Å². The summed E-state index contributed by atoms with van der Waals surface area (Å²) in [6.07, 6.45) is 6.71. The molecular weight excluding hydrogens is 322 g/mol. The summed E-state index contributed by atoms with van der Waals surface area (Å²) in [5, 5.41) is 5.62. The van der Waals surface area contributed by atoms with Crippen molar-refractivity contribution in [2.45, 2.75) is 37.6 Å². The van der Waals surface area contributed by atoms with E-state index in [1.807, 2.05) is 6.07 Å². The zero-order valence-corrected chi connectivity index (χ0v) is 13.7. The molecule has 1 saturated carbocycles. The number of urea groups is 1. The van der Waals surface area contributed by atoms with Gasteiger partial charge in [0.25, 0.3) is 5.91 Å². The number of pyridine rings is 1. The van der Waals surface area contributed by atoms with E-state index in [0.717, 1.165) is 18.5 Å². The van der Waals surface area contributed by atoms with E-state index in [4.69, 9.17) is 0 Å². The number of nitrogens with one attached hydrogen (secondary N) is 2. The molecular formula is C17H19N5O3. The molecule has 2 N–H and O–H groups in total. The number of rotatable bonds is 4. The van der Waals surface area contributed by atoms with Crippen LogP contribution in [0.3, 0.4) is 0 Å². The number of imidazole rings is 1. The first-order chi connectivity index (χ1) is 12.1. The minimum atomic E-state index is -0.726. The number of hydrogen-bond donors (Lipinski definition) is 2. The van der Waals surface area contributed by atoms with E-state index in [1.54, 1.807) is 28.9 Å². The predicted octanol–water partition coefficient (Wildman–Crippen LogP) is 1.53. The normalized spacial score (nSPS) is 19.0. The lowest BCUT2D eigenvalue weighted by atomic mass is 9.98. The van der Waals surface area contributed by atoms with E-state index >= 15 is 0 Å². The molecule has 130 valence electrons. The molecule has 3 heterocycles. The second-order valence-electron chi connectivity index (χ2n) is 6.54. The smallest absolute Gasteiger partial charge is 0.323 e. The number of hydrogen-bond acceptors (Lipinski definition) is 4. The van der Waals surface area contributed by atoms with Crippen LogP contribution in [0.2, 0.25) is 0 Å². The summed E-state index contributed by atoms with van der Waals surface area (Å²) in [5.41, 5.74) is 0.00532. The van der Waals surface area contributed by atoms with Gasteiger partial charge in [-0.25, -0.2) is 9.78 Å². The molecule has 1 aliphatic carbocycles. The lowest BCUT2D eigenvalue weighted by molar-refractivity contribution is -0.131. The van der Waals surface area contributed by atoms with Gasteiger partial charge in [0.05, 0.1) is 0 Å². The maximum atomic E-state index is 12.5. The van der Waals surface area contributed by atoms with Gasteiger partial charge in [-0.2, -0.15) is 0 Å². The van der Waals surface area contributed by atoms with Gasteiger partial charge in [-0.15, -0.1) is 0 Å². The van der Waals surface area contributed by atoms with Crippen molar-refractivity contribution in [1.82, 2.24) is 19.6 Å². The molecule has 1 aliphatic heterocycles. The molecule has 0 bridgehead atoms. The number of nitrogens with zero attached hydrogens (tertiary/aromatic N) is 3. The number of aromatic nitrogens is 2. The minimum Gasteiger partial charge on any atom is -0.323 e. The molecule has 8 heteroatoms. The van der Waals surface area contributed by atoms with Gasteiger partial charge < -0.3 is 10.6 Å². The first-order valence-electron chi connectivity index (χ1n) is 8.45. The van der Waals surface area contributed by atoms with Gasteiger partial charge in [0.15, 0.2) is 0 Å². The van der Waals surface area contributed by atoms with Gasteiger partial charge in [0.2, 0.25) is 5.91 Å². The van der Waals surface area contributed by atoms with Crippen LogP contribution in [0.4, 0.5) is 10.6 Å². The molecule has 1 saturated heterocycles. The van der Waals surface area contributed by atoms with Gasteiger partial charge >= 0.3 is 6.03 Å². The van der Waals surface area contributed by atoms with E-state index in [9.17, 15) is 14.4 Å². The fraction of sp³-hybridized carbons (Fsp3) is 0.412. The van der Waals surface area contributed by atoms with Crippen molar-refractivity contribution in [3.8, 4) is 0 Å². The summed E-state index contributed by atoms with van der Waals surface area (Å²) >= 11 is 0. The second kappa shape index (κ2) is 5.87. The Morgan fingerprint density at radius 2 is 2.08 bits per heavy atom. The number of anilines is 1. The lowest BCUT2D eigenvalue weighted by Gasteiger charge is -2.19. The Balaban J connectivity index is 1.40. The van der Waals surface area contributed by atoms with Crippen LogP contribution >= 0.6 is 0 Å². The predicted molar refractivity (Wildman–Crippen MR) is 89.9 cm³/mol. The van der Waals surface area contributed by atoms with E-state index in [0.29, 0.717) is 18.7 Å². The van der Waals surface area contributed by atoms with Crippen LogP contribution in [0.5, 0.6) is 0 Å². The number of carbonyl (C=O) groups excluding carboxylic acids is 3. The van der Waals surface area contributed by atoms with Crippen molar-refractivity contribution in [2.75, 3.05) is 11.9 Å². The highest BCUT2D eigenvalue weighted by molar-refractivity contribution is 6.07. The van der Waals surface area contributed by atoms with Crippen LogP contribution in [0.25, 0.3) is 5.65 Å². The molecule has 0 unspecified atom stereocenters. The number of fused-ring (bicyclic) bond motifs is 1. The topological polar surface area (TPSA) is 95.8 Å². The summed E-state index contributed by atoms with van der Waals surface area (Å²) in [6, 6.07) is 5.02. The van der Waals surface area contributed by atoms with Crippen LogP contribution in [0, 0.1) is 0 Å². The summed E-state index contributed by atoms with van der Waals surface area (Å²) in [7, 11) is 0. The van der Waals surface area contributed by atoms with E-state index in [-0.39, 0.29) is 24.8 Å². The third kappa shape index (κ3) is 2.63. The number of carbonyl (C=O) groups is 3. The Kier molecular flexibility index (Phi) is 3.67. The van der Waals surface area contributed by atoms with E-state index < -0.39 is 11.6 Å². The standard InChI is InChI=1S/C17H19N5O3/c23-14(19-13-5-3-4-12-18-9-11-21(12)13)6-10-22-15(24)17(20-16(22)25)7-1-2-8-17/h3-5,9,11H,1-2,6-8,10H2,(H,19,23)(H,20,25). The summed E-state index contributed by atoms with van der Waals surface area (Å²) in [5.74, 6) is 0.151. The van der Waals surface area contributed by atoms with Crippen LogP contribution in [-0.2, 0) is 9.59 Å². The third-order valence-electron chi connectivity index (χ3n) is 4.96. The molecule has 2 fully saturated rings. The Morgan fingerprint density at radius 1 is 1.28 bits per heavy atom. The van der Waals surface area contributed by atoms with Crippen LogP contribution < -0.4 is 10.6 Å². The molecule has 1 spiro atoms. The van der Waals surface area contributed by atoms with Crippen molar-refractivity contribution in [2.24, 2.45) is 0 Å². The van der Waals surface area contributed by atoms with Crippen molar-refractivity contribution < 1.29 is 14.4 Å². The monoisotopic (exact) mass is 341 g/mol. The summed E-state index contributed by atoms with van der Waals surface area (Å²) < 4.78 is 1.76. The van der Waals surface area contributed by atoms with Gasteiger partial charge in [0, 0.05) is 25.4 Å². The molecule has 0 atom stereocenters. The Morgan fingerprint density at radius 3 is 2.88 bits per heavy atom. The first kappa shape index (κ1) is 15.6. The van der Waals surface area contributed by atoms with Gasteiger partial charge in [-0.3, -0.25) is 18.9 Å². The molecule has 0 radical (unpaired) electrons. The van der Waals surface area contributed by atoms with Gasteiger partial charge in [-0.05, 0) is 25.0 Å². The molecule has 4 amide bonds. The van der Waals surface area contributed by atoms with E-state index in [1.165, 1.54) is 4.90 Å². The maximum Gasteiger partial charge on any atom is 0.325 e. The molecule has 8 nitrogen and oxygen atoms in total. The number of amides is 4. The fourth-order valence-corrected chi connectivity index (χ4v) is 3.66. The molecule has 0 aromatic carbocycles. The van der Waals surface area contributed by atoms with E-state index in [2.05, 4.69) is 15.6 Å². The largest absolute Gasteiger partial charge is 0.325 e. The minimum absolute atomic E-state index is 0.0559. The molecule has 2 aliphatic rings. The van der Waals surface area contributed by atoms with Crippen LogP contribution in [0.1, 0.15) is 32.1 Å². The summed E-state index contributed by atoms with van der Waals surface area (Å²) in [6.45, 7) is 0.0815. The van der Waals surface area contributed by atoms with Crippen LogP contribution in [-0.4, -0.2) is 44.2 Å². The zero-order valence-electron chi connectivity index (χ0n) is 13.7. The molecule has 2 aromatic heterocycles. The maximum absolute atomic E-state index is 12.5. The molecule has 4 rings (SSSR count). The zero-order chi connectivity index (χ0) is 17.4. The SMILES string of the molecule is O=C(CCN1C(=O)NC2(CCCC2)C1=O)Nc1cccc2nccn12. The lowest BCUT2D eigenvalue weighted by Crippen LogP contribution is -2.44. The highest BCUT2D eigenvalue weighted by Crippen LogP contribution is 2.35. The van der Waals surface area contributed by atoms with Crippen molar-refractivity contribution >= 4 is 29.3 Å². The summed E-state index contributed by atoms with van der Waals surface area (Å²) in [4.78, 5) is 42.2. The third-order valence-corrected chi connectivity index (χ3v) is 4.96. The quantitative estimate of drug-likeness (QED) is 0.824. The van der Waals surface area contributed by atoms with Gasteiger partial charge in [-0.1, -0.05) is 18.9 Å². The Hall–Kier alpha value is -2.90. The number of imide groups is 1. The highest BCUT2D eigenvalue weighted by Gasteiger charge is 2.52. The average Bonchev–Trinajstić information content (AvgIpc) is 3.29. The second-order valence-corrected chi connectivity index (χ2v) is 6.54.